The van der Waals surface area contributed by atoms with Crippen LogP contribution in [-0.2, 0) is 16.0 Å². The summed E-state index contributed by atoms with van der Waals surface area (Å²) in [4.78, 5) is 21.3. The van der Waals surface area contributed by atoms with Gasteiger partial charge in [-0.1, -0.05) is 24.6 Å². The van der Waals surface area contributed by atoms with E-state index in [1.54, 1.807) is 7.11 Å². The molecule has 5 nitrogen and oxygen atoms in total. The van der Waals surface area contributed by atoms with Gasteiger partial charge < -0.3 is 19.5 Å². The van der Waals surface area contributed by atoms with E-state index in [0.717, 1.165) is 19.4 Å². The Balaban J connectivity index is 1.33. The van der Waals surface area contributed by atoms with Crippen LogP contribution >= 0.6 is 0 Å². The molecule has 1 N–H and O–H groups in total. The highest BCUT2D eigenvalue weighted by molar-refractivity contribution is 5.83. The second-order valence-corrected chi connectivity index (χ2v) is 9.05. The molecule has 164 valence electrons. The first-order valence-electron chi connectivity index (χ1n) is 11.8. The number of carbonyl (C=O) groups excluding carboxylic acids is 1. The number of benzene rings is 1. The van der Waals surface area contributed by atoms with Crippen LogP contribution in [0.15, 0.2) is 30.5 Å². The highest BCUT2D eigenvalue weighted by Gasteiger charge is 2.34. The summed E-state index contributed by atoms with van der Waals surface area (Å²) < 4.78 is 5.32. The third kappa shape index (κ3) is 5.06. The molecule has 0 unspecified atom stereocenters. The number of amides is 1. The minimum Gasteiger partial charge on any atom is -0.383 e. The lowest BCUT2D eigenvalue weighted by Crippen LogP contribution is -2.52. The molecule has 0 saturated carbocycles. The SMILES string of the molecule is COCCN(C[C@H]1CCCN2CCCC[C@@H]12)C(=O)CCCc1c[nH]c2ccccc12. The molecule has 0 bridgehead atoms. The first-order chi connectivity index (χ1) is 14.8. The number of aromatic nitrogens is 1. The third-order valence-corrected chi connectivity index (χ3v) is 7.11. The van der Waals surface area contributed by atoms with Gasteiger partial charge in [0.25, 0.3) is 0 Å². The number of para-hydroxylation sites is 1. The Labute approximate surface area is 180 Å². The van der Waals surface area contributed by atoms with Crippen LogP contribution in [-0.4, -0.2) is 66.6 Å². The molecule has 0 aliphatic carbocycles. The van der Waals surface area contributed by atoms with Gasteiger partial charge in [0.2, 0.25) is 5.91 Å². The van der Waals surface area contributed by atoms with Crippen molar-refractivity contribution in [2.24, 2.45) is 5.92 Å². The first-order valence-corrected chi connectivity index (χ1v) is 11.8. The quantitative estimate of drug-likeness (QED) is 0.672. The molecule has 0 spiro atoms. The highest BCUT2D eigenvalue weighted by atomic mass is 16.5. The van der Waals surface area contributed by atoms with Gasteiger partial charge in [-0.05, 0) is 69.2 Å². The third-order valence-electron chi connectivity index (χ3n) is 7.11. The largest absolute Gasteiger partial charge is 0.383 e. The monoisotopic (exact) mass is 411 g/mol. The minimum atomic E-state index is 0.292. The van der Waals surface area contributed by atoms with E-state index >= 15 is 0 Å². The van der Waals surface area contributed by atoms with Crippen LogP contribution in [0.2, 0.25) is 0 Å². The molecular weight excluding hydrogens is 374 g/mol. The fourth-order valence-electron chi connectivity index (χ4n) is 5.52. The van der Waals surface area contributed by atoms with Crippen molar-refractivity contribution in [3.05, 3.63) is 36.0 Å². The molecule has 1 aromatic carbocycles. The number of nitrogens with one attached hydrogen (secondary N) is 1. The number of ether oxygens (including phenoxy) is 1. The van der Waals surface area contributed by atoms with E-state index in [1.165, 1.54) is 61.7 Å². The topological polar surface area (TPSA) is 48.6 Å². The zero-order chi connectivity index (χ0) is 20.8. The molecule has 4 rings (SSSR count). The lowest BCUT2D eigenvalue weighted by atomic mass is 9.83. The molecule has 3 heterocycles. The Morgan fingerprint density at radius 3 is 2.97 bits per heavy atom. The summed E-state index contributed by atoms with van der Waals surface area (Å²) in [5.74, 6) is 0.910. The van der Waals surface area contributed by atoms with Gasteiger partial charge in [0, 0.05) is 49.8 Å². The Hall–Kier alpha value is -1.85. The summed E-state index contributed by atoms with van der Waals surface area (Å²) in [6, 6.07) is 9.08. The smallest absolute Gasteiger partial charge is 0.222 e. The average molecular weight is 412 g/mol. The zero-order valence-electron chi connectivity index (χ0n) is 18.4. The number of piperidine rings is 2. The molecule has 30 heavy (non-hydrogen) atoms. The Morgan fingerprint density at radius 1 is 1.20 bits per heavy atom. The average Bonchev–Trinajstić information content (AvgIpc) is 3.20. The maximum atomic E-state index is 13.1. The molecule has 2 aliphatic rings. The molecule has 5 heteroatoms. The number of aryl methyl sites for hydroxylation is 1. The van der Waals surface area contributed by atoms with E-state index in [0.29, 0.717) is 37.4 Å². The molecule has 2 atom stereocenters. The van der Waals surface area contributed by atoms with E-state index in [9.17, 15) is 4.79 Å². The molecule has 0 radical (unpaired) electrons. The molecule has 2 saturated heterocycles. The first kappa shape index (κ1) is 21.4. The predicted octanol–water partition coefficient (Wildman–Crippen LogP) is 4.23. The summed E-state index contributed by atoms with van der Waals surface area (Å²) in [5, 5.41) is 1.28. The Morgan fingerprint density at radius 2 is 2.07 bits per heavy atom. The number of methoxy groups -OCH3 is 1. The number of aromatic amines is 1. The standard InChI is InChI=1S/C25H37N3O2/c1-30-17-16-28(19-21-9-7-15-27-14-5-4-12-24(21)27)25(29)13-6-8-20-18-26-23-11-3-2-10-22(20)23/h2-3,10-11,18,21,24,26H,4-9,12-17,19H2,1H3/t21-,24+/m1/s1. The van der Waals surface area contributed by atoms with Crippen molar-refractivity contribution in [2.45, 2.75) is 57.4 Å². The van der Waals surface area contributed by atoms with Gasteiger partial charge in [-0.15, -0.1) is 0 Å². The number of nitrogens with zero attached hydrogens (tertiary/aromatic N) is 2. The number of hydrogen-bond acceptors (Lipinski definition) is 3. The van der Waals surface area contributed by atoms with Crippen molar-refractivity contribution in [1.29, 1.82) is 0 Å². The van der Waals surface area contributed by atoms with Gasteiger partial charge in [0.05, 0.1) is 6.61 Å². The van der Waals surface area contributed by atoms with Gasteiger partial charge in [-0.3, -0.25) is 4.79 Å². The maximum Gasteiger partial charge on any atom is 0.222 e. The number of carbonyl (C=O) groups is 1. The molecule has 2 aromatic rings. The van der Waals surface area contributed by atoms with Crippen LogP contribution in [0.4, 0.5) is 0 Å². The lowest BCUT2D eigenvalue weighted by molar-refractivity contribution is -0.133. The van der Waals surface area contributed by atoms with Crippen molar-refractivity contribution >= 4 is 16.8 Å². The predicted molar refractivity (Wildman–Crippen MR) is 122 cm³/mol. The van der Waals surface area contributed by atoms with Crippen molar-refractivity contribution in [2.75, 3.05) is 39.9 Å². The Kier molecular flexibility index (Phi) is 7.45. The van der Waals surface area contributed by atoms with Crippen molar-refractivity contribution < 1.29 is 9.53 Å². The van der Waals surface area contributed by atoms with E-state index in [4.69, 9.17) is 4.74 Å². The van der Waals surface area contributed by atoms with E-state index in [1.807, 2.05) is 0 Å². The van der Waals surface area contributed by atoms with Gasteiger partial charge in [0.15, 0.2) is 0 Å². The second kappa shape index (κ2) is 10.5. The van der Waals surface area contributed by atoms with Crippen LogP contribution in [0.1, 0.15) is 50.5 Å². The Bertz CT molecular complexity index is 816. The molecule has 1 aromatic heterocycles. The van der Waals surface area contributed by atoms with E-state index in [-0.39, 0.29) is 0 Å². The molecular formula is C25H37N3O2. The number of fused-ring (bicyclic) bond motifs is 2. The van der Waals surface area contributed by atoms with Crippen LogP contribution < -0.4 is 0 Å². The highest BCUT2D eigenvalue weighted by Crippen LogP contribution is 2.31. The van der Waals surface area contributed by atoms with Crippen LogP contribution in [0.5, 0.6) is 0 Å². The summed E-state index contributed by atoms with van der Waals surface area (Å²) in [6.45, 7) is 4.73. The number of hydrogen-bond donors (Lipinski definition) is 1. The minimum absolute atomic E-state index is 0.292. The van der Waals surface area contributed by atoms with Gasteiger partial charge in [-0.2, -0.15) is 0 Å². The van der Waals surface area contributed by atoms with E-state index in [2.05, 4.69) is 45.2 Å². The van der Waals surface area contributed by atoms with Gasteiger partial charge >= 0.3 is 0 Å². The molecule has 2 fully saturated rings. The zero-order valence-corrected chi connectivity index (χ0v) is 18.4. The molecule has 2 aliphatic heterocycles. The second-order valence-electron chi connectivity index (χ2n) is 9.05. The number of H-pyrrole nitrogens is 1. The van der Waals surface area contributed by atoms with E-state index < -0.39 is 0 Å². The summed E-state index contributed by atoms with van der Waals surface area (Å²) in [6.07, 6.45) is 11.1. The normalized spacial score (nSPS) is 22.2. The molecule has 1 amide bonds. The van der Waals surface area contributed by atoms with Crippen molar-refractivity contribution in [3.8, 4) is 0 Å². The summed E-state index contributed by atoms with van der Waals surface area (Å²) in [5.41, 5.74) is 2.49. The van der Waals surface area contributed by atoms with Crippen molar-refractivity contribution in [1.82, 2.24) is 14.8 Å². The van der Waals surface area contributed by atoms with Crippen LogP contribution in [0.3, 0.4) is 0 Å². The van der Waals surface area contributed by atoms with Gasteiger partial charge in [-0.25, -0.2) is 0 Å². The fourth-order valence-corrected chi connectivity index (χ4v) is 5.52. The summed E-state index contributed by atoms with van der Waals surface area (Å²) >= 11 is 0. The summed E-state index contributed by atoms with van der Waals surface area (Å²) in [7, 11) is 1.73. The lowest BCUT2D eigenvalue weighted by Gasteiger charge is -2.45. The van der Waals surface area contributed by atoms with Gasteiger partial charge in [0.1, 0.15) is 0 Å². The number of rotatable bonds is 9. The van der Waals surface area contributed by atoms with Crippen LogP contribution in [0, 0.1) is 5.92 Å². The fraction of sp³-hybridized carbons (Fsp3) is 0.640. The van der Waals surface area contributed by atoms with Crippen molar-refractivity contribution in [3.63, 3.8) is 0 Å². The maximum absolute atomic E-state index is 13.1. The van der Waals surface area contributed by atoms with Crippen LogP contribution in [0.25, 0.3) is 10.9 Å².